The fourth-order valence-electron chi connectivity index (χ4n) is 2.91. The maximum absolute atomic E-state index is 11.8. The Hall–Kier alpha value is -1.50. The number of nitrogens with zero attached hydrogens (tertiary/aromatic N) is 2. The molecule has 122 valence electrons. The molecular formula is C16H18ClN3O2S. The second kappa shape index (κ2) is 6.55. The molecule has 0 saturated carbocycles. The lowest BCUT2D eigenvalue weighted by atomic mass is 10.1. The van der Waals surface area contributed by atoms with Gasteiger partial charge in [0.1, 0.15) is 0 Å². The first-order valence-corrected chi connectivity index (χ1v) is 8.60. The third kappa shape index (κ3) is 3.39. The first-order chi connectivity index (χ1) is 11.0. The zero-order valence-corrected chi connectivity index (χ0v) is 14.6. The highest BCUT2D eigenvalue weighted by molar-refractivity contribution is 8.18. The first-order valence-electron chi connectivity index (χ1n) is 7.40. The molecule has 2 heterocycles. The molecule has 23 heavy (non-hydrogen) atoms. The van der Waals surface area contributed by atoms with E-state index < -0.39 is 0 Å². The Morgan fingerprint density at radius 1 is 1.39 bits per heavy atom. The summed E-state index contributed by atoms with van der Waals surface area (Å²) in [6, 6.07) is 6.12. The van der Waals surface area contributed by atoms with E-state index in [1.165, 1.54) is 0 Å². The number of imide groups is 1. The quantitative estimate of drug-likeness (QED) is 0.849. The van der Waals surface area contributed by atoms with Crippen LogP contribution in [-0.2, 0) is 4.79 Å². The molecule has 7 heteroatoms. The number of anilines is 1. The van der Waals surface area contributed by atoms with Crippen LogP contribution in [0.4, 0.5) is 10.5 Å². The van der Waals surface area contributed by atoms with Gasteiger partial charge >= 0.3 is 0 Å². The molecule has 2 saturated heterocycles. The Kier molecular flexibility index (Phi) is 4.66. The van der Waals surface area contributed by atoms with E-state index in [1.807, 2.05) is 18.2 Å². The largest absolute Gasteiger partial charge is 0.368 e. The summed E-state index contributed by atoms with van der Waals surface area (Å²) in [6.07, 6.45) is 2.82. The van der Waals surface area contributed by atoms with Crippen molar-refractivity contribution >= 4 is 46.3 Å². The van der Waals surface area contributed by atoms with Crippen LogP contribution in [0.25, 0.3) is 6.08 Å². The molecule has 0 spiro atoms. The van der Waals surface area contributed by atoms with Gasteiger partial charge in [-0.1, -0.05) is 23.7 Å². The predicted octanol–water partition coefficient (Wildman–Crippen LogP) is 2.80. The standard InChI is InChI=1S/C16H18ClN3O2S/c1-19(2)11-6-7-20(9-11)14-10(4-3-5-12(14)17)8-13-15(21)18-16(22)23-13/h3-5,8,11H,6-7,9H2,1-2H3,(H,18,21,22). The van der Waals surface area contributed by atoms with E-state index in [0.29, 0.717) is 16.0 Å². The highest BCUT2D eigenvalue weighted by Crippen LogP contribution is 2.36. The average molecular weight is 352 g/mol. The average Bonchev–Trinajstić information content (AvgIpc) is 3.07. The lowest BCUT2D eigenvalue weighted by Gasteiger charge is -2.24. The normalized spacial score (nSPS) is 23.2. The number of thioether (sulfide) groups is 1. The molecule has 0 aliphatic carbocycles. The number of likely N-dealkylation sites (N-methyl/N-ethyl adjacent to an activating group) is 1. The summed E-state index contributed by atoms with van der Waals surface area (Å²) in [5.41, 5.74) is 1.79. The first kappa shape index (κ1) is 16.4. The summed E-state index contributed by atoms with van der Waals surface area (Å²) in [5, 5.41) is 2.60. The topological polar surface area (TPSA) is 52.6 Å². The molecular weight excluding hydrogens is 334 g/mol. The van der Waals surface area contributed by atoms with Crippen LogP contribution < -0.4 is 10.2 Å². The molecule has 2 fully saturated rings. The lowest BCUT2D eigenvalue weighted by Crippen LogP contribution is -2.31. The van der Waals surface area contributed by atoms with Gasteiger partial charge in [-0.25, -0.2) is 0 Å². The third-order valence-electron chi connectivity index (χ3n) is 4.16. The number of carbonyl (C=O) groups excluding carboxylic acids is 2. The second-order valence-electron chi connectivity index (χ2n) is 5.88. The number of nitrogens with one attached hydrogen (secondary N) is 1. The molecule has 2 aliphatic heterocycles. The van der Waals surface area contributed by atoms with Crippen LogP contribution >= 0.6 is 23.4 Å². The molecule has 0 radical (unpaired) electrons. The van der Waals surface area contributed by atoms with Gasteiger partial charge in [-0.05, 0) is 44.4 Å². The lowest BCUT2D eigenvalue weighted by molar-refractivity contribution is -0.115. The summed E-state index contributed by atoms with van der Waals surface area (Å²) < 4.78 is 0. The molecule has 5 nitrogen and oxygen atoms in total. The van der Waals surface area contributed by atoms with Crippen molar-refractivity contribution in [3.63, 3.8) is 0 Å². The minimum absolute atomic E-state index is 0.335. The number of rotatable bonds is 3. The number of amides is 2. The molecule has 1 aromatic carbocycles. The van der Waals surface area contributed by atoms with Gasteiger partial charge in [-0.3, -0.25) is 14.9 Å². The van der Waals surface area contributed by atoms with Gasteiger partial charge in [-0.15, -0.1) is 0 Å². The SMILES string of the molecule is CN(C)C1CCN(c2c(Cl)cccc2C=C2SC(=O)NC2=O)C1. The molecule has 0 bridgehead atoms. The molecule has 2 aliphatic rings. The fraction of sp³-hybridized carbons (Fsp3) is 0.375. The molecule has 3 rings (SSSR count). The van der Waals surface area contributed by atoms with E-state index in [0.717, 1.165) is 42.5 Å². The van der Waals surface area contributed by atoms with E-state index in [9.17, 15) is 9.59 Å². The van der Waals surface area contributed by atoms with Gasteiger partial charge in [0, 0.05) is 24.7 Å². The molecule has 1 N–H and O–H groups in total. The Morgan fingerprint density at radius 3 is 2.78 bits per heavy atom. The monoisotopic (exact) mass is 351 g/mol. The minimum atomic E-state index is -0.349. The van der Waals surface area contributed by atoms with Gasteiger partial charge in [0.15, 0.2) is 0 Å². The Labute approximate surface area is 144 Å². The van der Waals surface area contributed by atoms with Crippen LogP contribution in [0, 0.1) is 0 Å². The van der Waals surface area contributed by atoms with E-state index in [-0.39, 0.29) is 11.1 Å². The van der Waals surface area contributed by atoms with Gasteiger partial charge in [0.2, 0.25) is 0 Å². The van der Waals surface area contributed by atoms with Crippen molar-refractivity contribution in [3.05, 3.63) is 33.7 Å². The van der Waals surface area contributed by atoms with Gasteiger partial charge < -0.3 is 9.80 Å². The van der Waals surface area contributed by atoms with Crippen molar-refractivity contribution in [2.24, 2.45) is 0 Å². The van der Waals surface area contributed by atoms with E-state index >= 15 is 0 Å². The fourth-order valence-corrected chi connectivity index (χ4v) is 3.89. The summed E-state index contributed by atoms with van der Waals surface area (Å²) >= 11 is 7.35. The third-order valence-corrected chi connectivity index (χ3v) is 5.27. The maximum Gasteiger partial charge on any atom is 0.290 e. The Balaban J connectivity index is 1.94. The van der Waals surface area contributed by atoms with Crippen LogP contribution in [0.15, 0.2) is 23.1 Å². The summed E-state index contributed by atoms with van der Waals surface area (Å²) in [7, 11) is 4.16. The van der Waals surface area contributed by atoms with E-state index in [2.05, 4.69) is 29.2 Å². The Morgan fingerprint density at radius 2 is 2.17 bits per heavy atom. The number of para-hydroxylation sites is 1. The number of hydrogen-bond acceptors (Lipinski definition) is 5. The maximum atomic E-state index is 11.8. The molecule has 1 unspecified atom stereocenters. The van der Waals surface area contributed by atoms with Crippen LogP contribution in [0.1, 0.15) is 12.0 Å². The minimum Gasteiger partial charge on any atom is -0.368 e. The second-order valence-corrected chi connectivity index (χ2v) is 7.30. The number of hydrogen-bond donors (Lipinski definition) is 1. The van der Waals surface area contributed by atoms with Crippen LogP contribution in [0.2, 0.25) is 5.02 Å². The van der Waals surface area contributed by atoms with Crippen molar-refractivity contribution in [1.29, 1.82) is 0 Å². The zero-order chi connectivity index (χ0) is 16.6. The molecule has 2 amide bonds. The number of benzene rings is 1. The molecule has 1 atom stereocenters. The van der Waals surface area contributed by atoms with Crippen LogP contribution in [-0.4, -0.2) is 49.3 Å². The predicted molar refractivity (Wildman–Crippen MR) is 94.9 cm³/mol. The van der Waals surface area contributed by atoms with Crippen LogP contribution in [0.5, 0.6) is 0 Å². The van der Waals surface area contributed by atoms with Crippen molar-refractivity contribution in [2.75, 3.05) is 32.1 Å². The van der Waals surface area contributed by atoms with Crippen molar-refractivity contribution in [2.45, 2.75) is 12.5 Å². The van der Waals surface area contributed by atoms with Gasteiger partial charge in [0.05, 0.1) is 15.6 Å². The van der Waals surface area contributed by atoms with Crippen LogP contribution in [0.3, 0.4) is 0 Å². The van der Waals surface area contributed by atoms with E-state index in [4.69, 9.17) is 11.6 Å². The zero-order valence-electron chi connectivity index (χ0n) is 13.0. The van der Waals surface area contributed by atoms with Crippen molar-refractivity contribution in [3.8, 4) is 0 Å². The highest BCUT2D eigenvalue weighted by atomic mass is 35.5. The molecule has 0 aromatic heterocycles. The van der Waals surface area contributed by atoms with Crippen molar-refractivity contribution < 1.29 is 9.59 Å². The molecule has 1 aromatic rings. The summed E-state index contributed by atoms with van der Waals surface area (Å²) in [4.78, 5) is 28.0. The van der Waals surface area contributed by atoms with E-state index in [1.54, 1.807) is 6.08 Å². The smallest absolute Gasteiger partial charge is 0.290 e. The van der Waals surface area contributed by atoms with Crippen molar-refractivity contribution in [1.82, 2.24) is 10.2 Å². The highest BCUT2D eigenvalue weighted by Gasteiger charge is 2.28. The summed E-state index contributed by atoms with van der Waals surface area (Å²) in [5.74, 6) is -0.349. The van der Waals surface area contributed by atoms with Gasteiger partial charge in [0.25, 0.3) is 11.1 Å². The number of carbonyl (C=O) groups is 2. The summed E-state index contributed by atoms with van der Waals surface area (Å²) in [6.45, 7) is 1.81. The van der Waals surface area contributed by atoms with Gasteiger partial charge in [-0.2, -0.15) is 0 Å². The number of halogens is 1. The Bertz CT molecular complexity index is 690.